The second-order valence-corrected chi connectivity index (χ2v) is 9.80. The number of hydrogen-bond acceptors (Lipinski definition) is 6. The molecule has 2 fully saturated rings. The molecule has 7 nitrogen and oxygen atoms in total. The summed E-state index contributed by atoms with van der Waals surface area (Å²) in [6.45, 7) is 2.31. The number of benzene rings is 1. The first kappa shape index (κ1) is 18.5. The van der Waals surface area contributed by atoms with E-state index in [0.717, 1.165) is 17.1 Å². The van der Waals surface area contributed by atoms with Crippen LogP contribution < -0.4 is 10.5 Å². The second kappa shape index (κ2) is 6.34. The summed E-state index contributed by atoms with van der Waals surface area (Å²) in [7, 11) is -2.44. The molecule has 0 bridgehead atoms. The van der Waals surface area contributed by atoms with Crippen molar-refractivity contribution in [2.75, 3.05) is 20.3 Å². The summed E-state index contributed by atoms with van der Waals surface area (Å²) in [5.41, 5.74) is 4.62. The van der Waals surface area contributed by atoms with Crippen molar-refractivity contribution < 1.29 is 22.3 Å². The number of halogens is 1. The molecule has 3 aliphatic rings. The van der Waals surface area contributed by atoms with Crippen molar-refractivity contribution in [1.29, 1.82) is 0 Å². The van der Waals surface area contributed by atoms with E-state index in [1.54, 1.807) is 19.1 Å². The Hall–Kier alpha value is -1.87. The highest BCUT2D eigenvalue weighted by Crippen LogP contribution is 2.45. The molecule has 1 saturated heterocycles. The lowest BCUT2D eigenvalue weighted by atomic mass is 9.82. The fourth-order valence-corrected chi connectivity index (χ4v) is 5.67. The van der Waals surface area contributed by atoms with Gasteiger partial charge in [-0.2, -0.15) is 0 Å². The molecule has 0 aromatic heterocycles. The molecule has 2 heterocycles. The van der Waals surface area contributed by atoms with Gasteiger partial charge in [0.2, 0.25) is 16.0 Å². The number of fused-ring (bicyclic) bond motifs is 1. The first-order valence-electron chi connectivity index (χ1n) is 9.11. The van der Waals surface area contributed by atoms with Gasteiger partial charge < -0.3 is 15.2 Å². The average molecular weight is 397 g/mol. The molecular weight excluding hydrogens is 373 g/mol. The normalized spacial score (nSPS) is 32.6. The molecule has 1 aromatic rings. The fraction of sp³-hybridized carbons (Fsp3) is 0.611. The minimum absolute atomic E-state index is 0.0599. The van der Waals surface area contributed by atoms with Crippen molar-refractivity contribution in [2.24, 2.45) is 16.6 Å². The second-order valence-electron chi connectivity index (χ2n) is 7.65. The molecule has 3 atom stereocenters. The van der Waals surface area contributed by atoms with Crippen LogP contribution in [0.5, 0.6) is 5.75 Å². The Labute approximate surface area is 158 Å². The Balaban J connectivity index is 1.82. The molecule has 0 spiro atoms. The Morgan fingerprint density at radius 3 is 2.89 bits per heavy atom. The Morgan fingerprint density at radius 1 is 1.44 bits per heavy atom. The third kappa shape index (κ3) is 3.06. The number of nitrogens with zero attached hydrogens (tertiary/aromatic N) is 2. The highest BCUT2D eigenvalue weighted by molar-refractivity contribution is 7.90. The van der Waals surface area contributed by atoms with E-state index < -0.39 is 26.6 Å². The Morgan fingerprint density at radius 2 is 2.19 bits per heavy atom. The molecule has 0 amide bonds. The van der Waals surface area contributed by atoms with E-state index in [1.807, 2.05) is 0 Å². The first-order chi connectivity index (χ1) is 12.7. The van der Waals surface area contributed by atoms with E-state index in [-0.39, 0.29) is 30.7 Å². The summed E-state index contributed by atoms with van der Waals surface area (Å²) in [4.78, 5) is 4.45. The van der Waals surface area contributed by atoms with Crippen LogP contribution in [0.15, 0.2) is 23.2 Å². The first-order valence-corrected chi connectivity index (χ1v) is 10.6. The van der Waals surface area contributed by atoms with Crippen LogP contribution in [0.25, 0.3) is 0 Å². The molecule has 1 aliphatic carbocycles. The number of hydrogen-bond donors (Lipinski definition) is 1. The van der Waals surface area contributed by atoms with Gasteiger partial charge in [0.05, 0.1) is 19.3 Å². The van der Waals surface area contributed by atoms with E-state index in [4.69, 9.17) is 15.2 Å². The monoisotopic (exact) mass is 397 g/mol. The molecule has 2 aliphatic heterocycles. The zero-order valence-corrected chi connectivity index (χ0v) is 16.2. The van der Waals surface area contributed by atoms with Crippen molar-refractivity contribution in [3.05, 3.63) is 29.6 Å². The van der Waals surface area contributed by atoms with Gasteiger partial charge in [0.1, 0.15) is 22.4 Å². The summed E-state index contributed by atoms with van der Waals surface area (Å²) in [5, 5.41) is -0.959. The number of ether oxygens (including phenoxy) is 2. The molecule has 0 radical (unpaired) electrons. The topological polar surface area (TPSA) is 94.2 Å². The van der Waals surface area contributed by atoms with Gasteiger partial charge in [-0.3, -0.25) is 0 Å². The maximum Gasteiger partial charge on any atom is 0.243 e. The molecular formula is C18H24FN3O4S. The molecule has 148 valence electrons. The minimum atomic E-state index is -3.81. The fourth-order valence-electron chi connectivity index (χ4n) is 3.73. The molecule has 4 rings (SSSR count). The summed E-state index contributed by atoms with van der Waals surface area (Å²) in [5.74, 6) is 0.317. The largest absolute Gasteiger partial charge is 0.493 e. The van der Waals surface area contributed by atoms with Crippen LogP contribution in [-0.4, -0.2) is 50.3 Å². The summed E-state index contributed by atoms with van der Waals surface area (Å²) in [6, 6.07) is 4.38. The lowest BCUT2D eigenvalue weighted by Gasteiger charge is -2.47. The zero-order valence-electron chi connectivity index (χ0n) is 15.4. The standard InChI is InChI=1S/C18H24FN3O4S/c1-11-7-16-18(10-26-11,21-17(20)22(2)27(16,23)24)14-8-13(5-6-15(14)19)25-9-12-3-4-12/h5-6,8,11-12,16H,3-4,7,9-10H2,1-2H3,(H2,20,21)/t11-,16+,18+/m0/s1. The van der Waals surface area contributed by atoms with Crippen molar-refractivity contribution in [1.82, 2.24) is 4.31 Å². The molecule has 9 heteroatoms. The van der Waals surface area contributed by atoms with Gasteiger partial charge >= 0.3 is 0 Å². The smallest absolute Gasteiger partial charge is 0.243 e. The van der Waals surface area contributed by atoms with Gasteiger partial charge in [0.25, 0.3) is 0 Å². The van der Waals surface area contributed by atoms with Crippen molar-refractivity contribution in [3.8, 4) is 5.75 Å². The quantitative estimate of drug-likeness (QED) is 0.832. The predicted molar refractivity (Wildman–Crippen MR) is 98.4 cm³/mol. The van der Waals surface area contributed by atoms with Crippen LogP contribution in [0.4, 0.5) is 4.39 Å². The van der Waals surface area contributed by atoms with Crippen LogP contribution in [0.2, 0.25) is 0 Å². The zero-order chi connectivity index (χ0) is 19.4. The number of sulfonamides is 1. The number of aliphatic imine (C=N–C) groups is 1. The molecule has 0 unspecified atom stereocenters. The van der Waals surface area contributed by atoms with Crippen molar-refractivity contribution in [3.63, 3.8) is 0 Å². The van der Waals surface area contributed by atoms with Crippen LogP contribution in [0.1, 0.15) is 31.7 Å². The summed E-state index contributed by atoms with van der Waals surface area (Å²) >= 11 is 0. The minimum Gasteiger partial charge on any atom is -0.493 e. The van der Waals surface area contributed by atoms with E-state index in [9.17, 15) is 12.8 Å². The van der Waals surface area contributed by atoms with Gasteiger partial charge in [-0.25, -0.2) is 22.1 Å². The molecule has 2 N–H and O–H groups in total. The van der Waals surface area contributed by atoms with Crippen LogP contribution in [0.3, 0.4) is 0 Å². The number of nitrogens with two attached hydrogens (primary N) is 1. The Kier molecular flexibility index (Phi) is 4.34. The number of guanidine groups is 1. The van der Waals surface area contributed by atoms with Gasteiger partial charge in [-0.15, -0.1) is 0 Å². The van der Waals surface area contributed by atoms with Crippen molar-refractivity contribution in [2.45, 2.75) is 43.1 Å². The van der Waals surface area contributed by atoms with E-state index in [0.29, 0.717) is 18.3 Å². The average Bonchev–Trinajstić information content (AvgIpc) is 3.45. The van der Waals surface area contributed by atoms with Crippen LogP contribution >= 0.6 is 0 Å². The molecule has 1 saturated carbocycles. The highest BCUT2D eigenvalue weighted by Gasteiger charge is 2.57. The van der Waals surface area contributed by atoms with E-state index >= 15 is 0 Å². The number of rotatable bonds is 4. The lowest BCUT2D eigenvalue weighted by Crippen LogP contribution is -2.62. The lowest BCUT2D eigenvalue weighted by molar-refractivity contribution is -0.0189. The predicted octanol–water partition coefficient (Wildman–Crippen LogP) is 1.58. The van der Waals surface area contributed by atoms with Crippen LogP contribution in [0, 0.1) is 11.7 Å². The summed E-state index contributed by atoms with van der Waals surface area (Å²) in [6.07, 6.45) is 2.20. The third-order valence-corrected chi connectivity index (χ3v) is 7.88. The van der Waals surface area contributed by atoms with E-state index in [2.05, 4.69) is 4.99 Å². The van der Waals surface area contributed by atoms with E-state index in [1.165, 1.54) is 13.1 Å². The molecule has 1 aromatic carbocycles. The molecule has 27 heavy (non-hydrogen) atoms. The van der Waals surface area contributed by atoms with Gasteiger partial charge in [-0.05, 0) is 50.3 Å². The maximum atomic E-state index is 14.9. The van der Waals surface area contributed by atoms with Gasteiger partial charge in [0, 0.05) is 12.6 Å². The summed E-state index contributed by atoms with van der Waals surface area (Å²) < 4.78 is 53.5. The SMILES string of the molecule is C[C@H]1C[C@@H]2[C@](c3cc(OCC4CC4)ccc3F)(CO1)N=C(N)N(C)S2(=O)=O. The van der Waals surface area contributed by atoms with Gasteiger partial charge in [0.15, 0.2) is 0 Å². The highest BCUT2D eigenvalue weighted by atomic mass is 32.2. The third-order valence-electron chi connectivity index (χ3n) is 5.63. The Bertz CT molecular complexity index is 887. The van der Waals surface area contributed by atoms with Crippen molar-refractivity contribution >= 4 is 16.0 Å². The van der Waals surface area contributed by atoms with Gasteiger partial charge in [-0.1, -0.05) is 0 Å². The van der Waals surface area contributed by atoms with Crippen LogP contribution in [-0.2, 0) is 20.3 Å². The maximum absolute atomic E-state index is 14.9.